The number of hydrogen-bond donors (Lipinski definition) is 0. The Bertz CT molecular complexity index is 1100. The number of aryl methyl sites for hydroxylation is 2. The Balaban J connectivity index is 1.91. The molecule has 1 aromatic heterocycles. The molecule has 1 aliphatic rings. The first kappa shape index (κ1) is 21.7. The van der Waals surface area contributed by atoms with Crippen molar-refractivity contribution in [3.8, 4) is 6.07 Å². The summed E-state index contributed by atoms with van der Waals surface area (Å²) in [7, 11) is 0. The van der Waals surface area contributed by atoms with Gasteiger partial charge >= 0.3 is 0 Å². The molecule has 0 fully saturated rings. The number of Topliss-reactive ketones (excluding diaryl/α,β-unsaturated/α-hetero) is 2. The Morgan fingerprint density at radius 1 is 1.17 bits per heavy atom. The number of carbonyl (C=O) groups is 2. The molecule has 0 saturated heterocycles. The van der Waals surface area contributed by atoms with Gasteiger partial charge in [0, 0.05) is 35.1 Å². The standard InChI is InChI=1S/C24H23N3O2S/c1-14-7-8-18(10-15(14)2)21(29)13-30-24-20(11-25)23(19-6-5-9-26-12-19)22(17(4)28)16(3)27-24/h5-10,12,20,23H,13H2,1-4H3/t20?,23-/m1/s1. The number of aliphatic imine (C=N–C) groups is 1. The molecule has 3 rings (SSSR count). The SMILES string of the molecule is CC(=O)C1=C(C)N=C(SCC(=O)c2ccc(C)c(C)c2)C(C#N)[C@H]1c1cccnc1. The normalized spacial score (nSPS) is 18.6. The summed E-state index contributed by atoms with van der Waals surface area (Å²) >= 11 is 1.27. The minimum absolute atomic E-state index is 0.0144. The molecule has 0 saturated carbocycles. The maximum absolute atomic E-state index is 12.7. The van der Waals surface area contributed by atoms with Gasteiger partial charge in [0.2, 0.25) is 0 Å². The van der Waals surface area contributed by atoms with E-state index >= 15 is 0 Å². The number of pyridine rings is 1. The summed E-state index contributed by atoms with van der Waals surface area (Å²) in [6, 6.07) is 11.6. The fourth-order valence-electron chi connectivity index (χ4n) is 3.61. The van der Waals surface area contributed by atoms with Crippen LogP contribution in [0.25, 0.3) is 0 Å². The highest BCUT2D eigenvalue weighted by molar-refractivity contribution is 8.14. The summed E-state index contributed by atoms with van der Waals surface area (Å²) in [5.74, 6) is -1.03. The van der Waals surface area contributed by atoms with Gasteiger partial charge in [0.15, 0.2) is 11.6 Å². The van der Waals surface area contributed by atoms with Gasteiger partial charge in [-0.25, -0.2) is 4.99 Å². The van der Waals surface area contributed by atoms with E-state index in [1.807, 2.05) is 38.1 Å². The van der Waals surface area contributed by atoms with Gasteiger partial charge in [-0.05, 0) is 56.5 Å². The highest BCUT2D eigenvalue weighted by Crippen LogP contribution is 2.41. The molecule has 0 aliphatic carbocycles. The average Bonchev–Trinajstić information content (AvgIpc) is 2.73. The number of benzene rings is 1. The van der Waals surface area contributed by atoms with Gasteiger partial charge in [-0.1, -0.05) is 18.2 Å². The maximum Gasteiger partial charge on any atom is 0.173 e. The highest BCUT2D eigenvalue weighted by atomic mass is 32.2. The number of rotatable bonds is 5. The van der Waals surface area contributed by atoms with Crippen molar-refractivity contribution in [1.82, 2.24) is 4.98 Å². The van der Waals surface area contributed by atoms with Crippen molar-refractivity contribution in [2.45, 2.75) is 33.6 Å². The zero-order valence-electron chi connectivity index (χ0n) is 17.5. The molecule has 0 spiro atoms. The van der Waals surface area contributed by atoms with Gasteiger partial charge in [-0.2, -0.15) is 5.26 Å². The molecule has 2 atom stereocenters. The third-order valence-electron chi connectivity index (χ3n) is 5.32. The lowest BCUT2D eigenvalue weighted by Crippen LogP contribution is -2.28. The topological polar surface area (TPSA) is 83.2 Å². The minimum Gasteiger partial charge on any atom is -0.295 e. The van der Waals surface area contributed by atoms with Crippen molar-refractivity contribution in [1.29, 1.82) is 5.26 Å². The van der Waals surface area contributed by atoms with Crippen molar-refractivity contribution in [3.05, 3.63) is 76.2 Å². The Kier molecular flexibility index (Phi) is 6.63. The third kappa shape index (κ3) is 4.42. The second-order valence-electron chi connectivity index (χ2n) is 7.39. The molecule has 1 unspecified atom stereocenters. The largest absolute Gasteiger partial charge is 0.295 e. The molecule has 2 aromatic rings. The van der Waals surface area contributed by atoms with Crippen LogP contribution in [0.4, 0.5) is 0 Å². The van der Waals surface area contributed by atoms with Crippen LogP contribution in [-0.4, -0.2) is 27.3 Å². The molecule has 152 valence electrons. The van der Waals surface area contributed by atoms with Crippen LogP contribution in [0.3, 0.4) is 0 Å². The fourth-order valence-corrected chi connectivity index (χ4v) is 4.63. The van der Waals surface area contributed by atoms with E-state index in [0.29, 0.717) is 21.9 Å². The van der Waals surface area contributed by atoms with Crippen molar-refractivity contribution < 1.29 is 9.59 Å². The predicted molar refractivity (Wildman–Crippen MR) is 120 cm³/mol. The molecule has 2 heterocycles. The first-order valence-electron chi connectivity index (χ1n) is 9.66. The molecule has 0 radical (unpaired) electrons. The van der Waals surface area contributed by atoms with Crippen molar-refractivity contribution in [3.63, 3.8) is 0 Å². The van der Waals surface area contributed by atoms with E-state index < -0.39 is 11.8 Å². The number of hydrogen-bond acceptors (Lipinski definition) is 6. The van der Waals surface area contributed by atoms with E-state index in [-0.39, 0.29) is 17.3 Å². The molecule has 0 N–H and O–H groups in total. The van der Waals surface area contributed by atoms with Crippen LogP contribution < -0.4 is 0 Å². The third-order valence-corrected chi connectivity index (χ3v) is 6.37. The number of aromatic nitrogens is 1. The smallest absolute Gasteiger partial charge is 0.173 e. The second kappa shape index (κ2) is 9.19. The van der Waals surface area contributed by atoms with Gasteiger partial charge in [0.25, 0.3) is 0 Å². The lowest BCUT2D eigenvalue weighted by molar-refractivity contribution is -0.114. The van der Waals surface area contributed by atoms with E-state index in [0.717, 1.165) is 16.7 Å². The van der Waals surface area contributed by atoms with E-state index in [1.54, 1.807) is 25.4 Å². The molecule has 1 aliphatic heterocycles. The molecule has 0 amide bonds. The monoisotopic (exact) mass is 417 g/mol. The first-order valence-corrected chi connectivity index (χ1v) is 10.6. The van der Waals surface area contributed by atoms with E-state index in [2.05, 4.69) is 16.0 Å². The van der Waals surface area contributed by atoms with Crippen LogP contribution in [0.15, 0.2) is 59.0 Å². The fraction of sp³-hybridized carbons (Fsp3) is 0.292. The highest BCUT2D eigenvalue weighted by Gasteiger charge is 2.37. The summed E-state index contributed by atoms with van der Waals surface area (Å²) in [6.45, 7) is 7.26. The Labute approximate surface area is 180 Å². The molecule has 1 aromatic carbocycles. The number of nitrogens with zero attached hydrogens (tertiary/aromatic N) is 3. The summed E-state index contributed by atoms with van der Waals surface area (Å²) < 4.78 is 0. The summed E-state index contributed by atoms with van der Waals surface area (Å²) in [5.41, 5.74) is 4.76. The number of carbonyl (C=O) groups excluding carboxylic acids is 2. The van der Waals surface area contributed by atoms with E-state index in [1.165, 1.54) is 18.7 Å². The summed E-state index contributed by atoms with van der Waals surface area (Å²) in [6.07, 6.45) is 3.34. The van der Waals surface area contributed by atoms with Gasteiger partial charge in [0.05, 0.1) is 16.9 Å². The lowest BCUT2D eigenvalue weighted by Gasteiger charge is -2.29. The first-order chi connectivity index (χ1) is 14.3. The number of thioether (sulfide) groups is 1. The van der Waals surface area contributed by atoms with Gasteiger partial charge in [0.1, 0.15) is 5.92 Å². The average molecular weight is 418 g/mol. The molecular weight excluding hydrogens is 394 g/mol. The zero-order valence-corrected chi connectivity index (χ0v) is 18.3. The van der Waals surface area contributed by atoms with Crippen molar-refractivity contribution in [2.75, 3.05) is 5.75 Å². The van der Waals surface area contributed by atoms with Gasteiger partial charge < -0.3 is 0 Å². The summed E-state index contributed by atoms with van der Waals surface area (Å²) in [4.78, 5) is 33.8. The van der Waals surface area contributed by atoms with E-state index in [4.69, 9.17) is 0 Å². The number of ketones is 2. The molecule has 6 heteroatoms. The van der Waals surface area contributed by atoms with Crippen LogP contribution >= 0.6 is 11.8 Å². The quantitative estimate of drug-likeness (QED) is 0.652. The predicted octanol–water partition coefficient (Wildman–Crippen LogP) is 4.81. The Hall–Kier alpha value is -3.04. The van der Waals surface area contributed by atoms with Gasteiger partial charge in [-0.3, -0.25) is 14.6 Å². The van der Waals surface area contributed by atoms with Crippen molar-refractivity contribution in [2.24, 2.45) is 10.9 Å². The van der Waals surface area contributed by atoms with Crippen LogP contribution in [0.5, 0.6) is 0 Å². The van der Waals surface area contributed by atoms with Crippen molar-refractivity contribution >= 4 is 28.4 Å². The second-order valence-corrected chi connectivity index (χ2v) is 8.38. The van der Waals surface area contributed by atoms with Gasteiger partial charge in [-0.15, -0.1) is 11.8 Å². The molecule has 5 nitrogen and oxygen atoms in total. The minimum atomic E-state index is -0.644. The van der Waals surface area contributed by atoms with Crippen LogP contribution in [-0.2, 0) is 4.79 Å². The molecular formula is C24H23N3O2S. The lowest BCUT2D eigenvalue weighted by atomic mass is 9.78. The van der Waals surface area contributed by atoms with Crippen LogP contribution in [0.1, 0.15) is 46.8 Å². The Morgan fingerprint density at radius 3 is 2.53 bits per heavy atom. The summed E-state index contributed by atoms with van der Waals surface area (Å²) in [5, 5.41) is 10.5. The van der Waals surface area contributed by atoms with E-state index in [9.17, 15) is 14.9 Å². The van der Waals surface area contributed by atoms with Crippen LogP contribution in [0.2, 0.25) is 0 Å². The zero-order chi connectivity index (χ0) is 21.8. The number of nitriles is 1. The molecule has 0 bridgehead atoms. The molecule has 30 heavy (non-hydrogen) atoms. The van der Waals surface area contributed by atoms with Crippen LogP contribution in [0, 0.1) is 31.1 Å². The maximum atomic E-state index is 12.7. The Morgan fingerprint density at radius 2 is 1.93 bits per heavy atom. The number of allylic oxidation sites excluding steroid dienone is 2.